The third-order valence-corrected chi connectivity index (χ3v) is 3.11. The van der Waals surface area contributed by atoms with Gasteiger partial charge in [0, 0.05) is 12.3 Å². The highest BCUT2D eigenvalue weighted by molar-refractivity contribution is 5.03. The van der Waals surface area contributed by atoms with Crippen molar-refractivity contribution in [2.45, 2.75) is 44.4 Å². The molecule has 0 radical (unpaired) electrons. The second-order valence-corrected chi connectivity index (χ2v) is 4.32. The molecule has 70 valence electrons. The van der Waals surface area contributed by atoms with Crippen molar-refractivity contribution < 1.29 is 4.52 Å². The molecule has 3 rings (SSSR count). The summed E-state index contributed by atoms with van der Waals surface area (Å²) in [6.07, 6.45) is 7.60. The summed E-state index contributed by atoms with van der Waals surface area (Å²) in [5.74, 6) is 3.27. The molecule has 0 aliphatic heterocycles. The fourth-order valence-corrected chi connectivity index (χ4v) is 1.80. The minimum absolute atomic E-state index is 0.624. The van der Waals surface area contributed by atoms with Crippen molar-refractivity contribution in [2.24, 2.45) is 5.92 Å². The number of hydrogen-bond donors (Lipinski definition) is 0. The Hall–Kier alpha value is -0.860. The van der Waals surface area contributed by atoms with E-state index in [-0.39, 0.29) is 0 Å². The van der Waals surface area contributed by atoms with E-state index in [4.69, 9.17) is 4.52 Å². The van der Waals surface area contributed by atoms with Gasteiger partial charge < -0.3 is 4.52 Å². The van der Waals surface area contributed by atoms with E-state index in [2.05, 4.69) is 10.1 Å². The monoisotopic (exact) mass is 178 g/mol. The van der Waals surface area contributed by atoms with Crippen LogP contribution in [0.4, 0.5) is 0 Å². The smallest absolute Gasteiger partial charge is 0.226 e. The highest BCUT2D eigenvalue weighted by atomic mass is 16.5. The van der Waals surface area contributed by atoms with Crippen LogP contribution in [0.2, 0.25) is 0 Å². The number of nitrogens with zero attached hydrogens (tertiary/aromatic N) is 2. The van der Waals surface area contributed by atoms with Crippen LogP contribution in [0.3, 0.4) is 0 Å². The topological polar surface area (TPSA) is 38.9 Å². The van der Waals surface area contributed by atoms with Gasteiger partial charge >= 0.3 is 0 Å². The minimum Gasteiger partial charge on any atom is -0.339 e. The third kappa shape index (κ3) is 1.47. The number of aromatic nitrogens is 2. The lowest BCUT2D eigenvalue weighted by molar-refractivity contribution is 0.273. The Balaban J connectivity index is 1.66. The van der Waals surface area contributed by atoms with Crippen LogP contribution in [0.1, 0.15) is 49.7 Å². The van der Waals surface area contributed by atoms with Gasteiger partial charge in [-0.1, -0.05) is 11.6 Å². The van der Waals surface area contributed by atoms with Gasteiger partial charge in [-0.3, -0.25) is 0 Å². The van der Waals surface area contributed by atoms with Gasteiger partial charge in [0.1, 0.15) is 0 Å². The average Bonchev–Trinajstić information content (AvgIpc) is 2.80. The number of hydrogen-bond acceptors (Lipinski definition) is 3. The summed E-state index contributed by atoms with van der Waals surface area (Å²) in [6, 6.07) is 0. The Morgan fingerprint density at radius 1 is 1.23 bits per heavy atom. The van der Waals surface area contributed by atoms with Crippen molar-refractivity contribution in [3.05, 3.63) is 11.7 Å². The molecule has 3 heteroatoms. The first-order valence-electron chi connectivity index (χ1n) is 5.24. The summed E-state index contributed by atoms with van der Waals surface area (Å²) in [6.45, 7) is 0. The molecule has 2 aliphatic rings. The molecular weight excluding hydrogens is 164 g/mol. The molecule has 2 fully saturated rings. The molecular formula is C10H14N2O. The molecule has 0 atom stereocenters. The summed E-state index contributed by atoms with van der Waals surface area (Å²) in [4.78, 5) is 4.42. The Bertz CT molecular complexity index is 300. The van der Waals surface area contributed by atoms with Crippen molar-refractivity contribution in [2.75, 3.05) is 0 Å². The van der Waals surface area contributed by atoms with E-state index in [1.807, 2.05) is 0 Å². The molecule has 3 nitrogen and oxygen atoms in total. The van der Waals surface area contributed by atoms with Crippen LogP contribution in [0.5, 0.6) is 0 Å². The molecule has 1 heterocycles. The van der Waals surface area contributed by atoms with E-state index in [1.54, 1.807) is 0 Å². The first-order chi connectivity index (χ1) is 6.42. The summed E-state index contributed by atoms with van der Waals surface area (Å²) in [5.41, 5.74) is 0. The molecule has 0 N–H and O–H groups in total. The molecule has 13 heavy (non-hydrogen) atoms. The van der Waals surface area contributed by atoms with Crippen LogP contribution in [0.15, 0.2) is 4.52 Å². The molecule has 0 unspecified atom stereocenters. The highest BCUT2D eigenvalue weighted by Crippen LogP contribution is 2.38. The average molecular weight is 178 g/mol. The van der Waals surface area contributed by atoms with Crippen molar-refractivity contribution in [1.82, 2.24) is 10.1 Å². The summed E-state index contributed by atoms with van der Waals surface area (Å²) >= 11 is 0. The van der Waals surface area contributed by atoms with Gasteiger partial charge in [-0.15, -0.1) is 0 Å². The van der Waals surface area contributed by atoms with Crippen LogP contribution in [-0.4, -0.2) is 10.1 Å². The van der Waals surface area contributed by atoms with Gasteiger partial charge in [0.2, 0.25) is 5.89 Å². The Kier molecular flexibility index (Phi) is 1.64. The fraction of sp³-hybridized carbons (Fsp3) is 0.800. The zero-order valence-corrected chi connectivity index (χ0v) is 7.70. The maximum Gasteiger partial charge on any atom is 0.226 e. The van der Waals surface area contributed by atoms with Crippen LogP contribution >= 0.6 is 0 Å². The van der Waals surface area contributed by atoms with Gasteiger partial charge in [-0.05, 0) is 31.6 Å². The Labute approximate surface area is 77.5 Å². The zero-order chi connectivity index (χ0) is 8.67. The predicted molar refractivity (Wildman–Crippen MR) is 47.3 cm³/mol. The maximum absolute atomic E-state index is 5.21. The van der Waals surface area contributed by atoms with Crippen molar-refractivity contribution >= 4 is 0 Å². The Morgan fingerprint density at radius 3 is 2.69 bits per heavy atom. The summed E-state index contributed by atoms with van der Waals surface area (Å²) in [5, 5.41) is 4.00. The van der Waals surface area contributed by atoms with E-state index in [9.17, 15) is 0 Å². The predicted octanol–water partition coefficient (Wildman–Crippen LogP) is 2.29. The van der Waals surface area contributed by atoms with Gasteiger partial charge in [0.15, 0.2) is 5.82 Å². The molecule has 1 aromatic heterocycles. The first-order valence-corrected chi connectivity index (χ1v) is 5.24. The Morgan fingerprint density at radius 2 is 2.08 bits per heavy atom. The summed E-state index contributed by atoms with van der Waals surface area (Å²) < 4.78 is 5.21. The molecule has 2 saturated carbocycles. The van der Waals surface area contributed by atoms with Crippen molar-refractivity contribution in [1.29, 1.82) is 0 Å². The quantitative estimate of drug-likeness (QED) is 0.712. The lowest BCUT2D eigenvalue weighted by Crippen LogP contribution is -2.13. The SMILES string of the molecule is C1CC(Cc2nc(C3CC3)no2)C1. The number of rotatable bonds is 3. The van der Waals surface area contributed by atoms with Crippen LogP contribution in [-0.2, 0) is 6.42 Å². The largest absolute Gasteiger partial charge is 0.339 e. The first kappa shape index (κ1) is 7.54. The van der Waals surface area contributed by atoms with E-state index in [0.29, 0.717) is 5.92 Å². The maximum atomic E-state index is 5.21. The van der Waals surface area contributed by atoms with Crippen LogP contribution in [0, 0.1) is 5.92 Å². The molecule has 0 saturated heterocycles. The van der Waals surface area contributed by atoms with Gasteiger partial charge in [-0.25, -0.2) is 0 Å². The summed E-state index contributed by atoms with van der Waals surface area (Å²) in [7, 11) is 0. The van der Waals surface area contributed by atoms with Crippen molar-refractivity contribution in [3.63, 3.8) is 0 Å². The van der Waals surface area contributed by atoms with E-state index in [0.717, 1.165) is 24.1 Å². The van der Waals surface area contributed by atoms with Crippen molar-refractivity contribution in [3.8, 4) is 0 Å². The fourth-order valence-electron chi connectivity index (χ4n) is 1.80. The van der Waals surface area contributed by atoms with Gasteiger partial charge in [0.05, 0.1) is 0 Å². The molecule has 0 spiro atoms. The van der Waals surface area contributed by atoms with Gasteiger partial charge in [-0.2, -0.15) is 4.98 Å². The van der Waals surface area contributed by atoms with Crippen LogP contribution in [0.25, 0.3) is 0 Å². The molecule has 1 aromatic rings. The second-order valence-electron chi connectivity index (χ2n) is 4.32. The highest BCUT2D eigenvalue weighted by Gasteiger charge is 2.29. The molecule has 0 amide bonds. The minimum atomic E-state index is 0.624. The molecule has 0 aromatic carbocycles. The van der Waals surface area contributed by atoms with Crippen LogP contribution < -0.4 is 0 Å². The van der Waals surface area contributed by atoms with E-state index >= 15 is 0 Å². The standard InChI is InChI=1S/C10H14N2O/c1-2-7(3-1)6-9-11-10(12-13-9)8-4-5-8/h7-8H,1-6H2. The molecule has 0 bridgehead atoms. The lowest BCUT2D eigenvalue weighted by Gasteiger charge is -2.23. The van der Waals surface area contributed by atoms with E-state index < -0.39 is 0 Å². The zero-order valence-electron chi connectivity index (χ0n) is 7.70. The molecule has 2 aliphatic carbocycles. The van der Waals surface area contributed by atoms with E-state index in [1.165, 1.54) is 32.1 Å². The third-order valence-electron chi connectivity index (χ3n) is 3.11. The normalized spacial score (nSPS) is 23.1. The lowest BCUT2D eigenvalue weighted by atomic mass is 9.83. The van der Waals surface area contributed by atoms with Gasteiger partial charge in [0.25, 0.3) is 0 Å². The second kappa shape index (κ2) is 2.82.